The van der Waals surface area contributed by atoms with Gasteiger partial charge in [0.2, 0.25) is 5.79 Å². The number of rotatable bonds is 26. The van der Waals surface area contributed by atoms with Crippen molar-refractivity contribution in [1.29, 1.82) is 0 Å². The van der Waals surface area contributed by atoms with Gasteiger partial charge in [0.1, 0.15) is 29.7 Å². The van der Waals surface area contributed by atoms with Crippen LogP contribution in [-0.2, 0) is 52.3 Å². The van der Waals surface area contributed by atoms with Crippen molar-refractivity contribution >= 4 is 41.4 Å². The van der Waals surface area contributed by atoms with Crippen molar-refractivity contribution in [3.05, 3.63) is 47.4 Å². The Hall–Kier alpha value is -3.62. The summed E-state index contributed by atoms with van der Waals surface area (Å²) < 4.78 is 41.1. The van der Waals surface area contributed by atoms with E-state index < -0.39 is 71.5 Å². The lowest BCUT2D eigenvalue weighted by atomic mass is 9.88. The molecule has 1 saturated heterocycles. The van der Waals surface area contributed by atoms with Gasteiger partial charge in [0, 0.05) is 59.4 Å². The summed E-state index contributed by atoms with van der Waals surface area (Å²) in [5, 5.41) is 0. The first kappa shape index (κ1) is 48.7. The molecule has 0 saturated carbocycles. The monoisotopic (exact) mass is 833 g/mol. The number of esters is 4. The Morgan fingerprint density at radius 1 is 0.724 bits per heavy atom. The molecule has 2 N–H and O–H groups in total. The molecule has 0 aliphatic carbocycles. The normalized spacial score (nSPS) is 22.2. The zero-order valence-electron chi connectivity index (χ0n) is 35.6. The highest BCUT2D eigenvalue weighted by molar-refractivity contribution is 7.99. The van der Waals surface area contributed by atoms with Crippen LogP contribution in [0.5, 0.6) is 0 Å². The van der Waals surface area contributed by atoms with Gasteiger partial charge in [-0.05, 0) is 18.6 Å². The van der Waals surface area contributed by atoms with E-state index in [0.717, 1.165) is 19.3 Å². The smallest absolute Gasteiger partial charge is 0.303 e. The van der Waals surface area contributed by atoms with E-state index in [-0.39, 0.29) is 12.4 Å². The van der Waals surface area contributed by atoms with Gasteiger partial charge in [0.05, 0.1) is 6.04 Å². The fraction of sp³-hybridized carbons (Fsp3) is 0.705. The Labute approximate surface area is 349 Å². The topological polar surface area (TPSA) is 176 Å². The van der Waals surface area contributed by atoms with Crippen LogP contribution >= 0.6 is 11.8 Å². The number of allylic oxidation sites excluding steroid dienone is 1. The molecule has 1 aromatic rings. The third-order valence-corrected chi connectivity index (χ3v) is 11.2. The second-order valence-corrected chi connectivity index (χ2v) is 16.8. The summed E-state index contributed by atoms with van der Waals surface area (Å²) in [6.45, 7) is 10.3. The van der Waals surface area contributed by atoms with Crippen LogP contribution in [0.25, 0.3) is 0 Å². The predicted octanol–water partition coefficient (Wildman–Crippen LogP) is 8.10. The Kier molecular flexibility index (Phi) is 21.1. The van der Waals surface area contributed by atoms with Crippen molar-refractivity contribution in [2.75, 3.05) is 12.4 Å². The van der Waals surface area contributed by atoms with E-state index in [9.17, 15) is 24.0 Å². The summed E-state index contributed by atoms with van der Waals surface area (Å²) in [5.74, 6) is -3.03. The number of nitrogens with two attached hydrogens (primary N) is 1. The van der Waals surface area contributed by atoms with Crippen LogP contribution in [0, 0.1) is 5.92 Å². The maximum atomic E-state index is 13.9. The number of ketones is 1. The molecular weight excluding hydrogens is 767 g/mol. The van der Waals surface area contributed by atoms with Gasteiger partial charge in [-0.25, -0.2) is 0 Å². The zero-order valence-corrected chi connectivity index (χ0v) is 36.4. The molecule has 0 aromatic heterocycles. The molecule has 2 aliphatic rings. The summed E-state index contributed by atoms with van der Waals surface area (Å²) >= 11 is 1.23. The van der Waals surface area contributed by atoms with Crippen molar-refractivity contribution < 1.29 is 57.1 Å². The van der Waals surface area contributed by atoms with E-state index >= 15 is 0 Å². The van der Waals surface area contributed by atoms with E-state index in [2.05, 4.69) is 6.92 Å². The highest BCUT2D eigenvalue weighted by atomic mass is 32.2. The molecule has 7 atom stereocenters. The lowest BCUT2D eigenvalue weighted by Crippen LogP contribution is -2.61. The summed E-state index contributed by atoms with van der Waals surface area (Å²) in [7, 11) is 0. The number of ether oxygens (including phenoxy) is 7. The fourth-order valence-corrected chi connectivity index (χ4v) is 8.60. The lowest BCUT2D eigenvalue weighted by molar-refractivity contribution is -0.237. The lowest BCUT2D eigenvalue weighted by Gasteiger charge is -2.44. The van der Waals surface area contributed by atoms with Crippen LogP contribution in [0.2, 0.25) is 0 Å². The number of hydrogen-bond donors (Lipinski definition) is 1. The minimum atomic E-state index is -1.29. The average Bonchev–Trinajstić information content (AvgIpc) is 3.47. The van der Waals surface area contributed by atoms with Crippen LogP contribution in [0.15, 0.2) is 41.9 Å². The maximum Gasteiger partial charge on any atom is 0.303 e. The molecule has 13 nitrogen and oxygen atoms in total. The van der Waals surface area contributed by atoms with Crippen molar-refractivity contribution in [2.45, 2.75) is 180 Å². The Bertz CT molecular complexity index is 1500. The van der Waals surface area contributed by atoms with Crippen LogP contribution in [-0.4, -0.2) is 83.7 Å². The highest BCUT2D eigenvalue weighted by Crippen LogP contribution is 2.41. The number of carbonyl (C=O) groups excluding carboxylic acids is 5. The second kappa shape index (κ2) is 25.1. The van der Waals surface area contributed by atoms with Gasteiger partial charge >= 0.3 is 23.9 Å². The van der Waals surface area contributed by atoms with Crippen molar-refractivity contribution in [2.24, 2.45) is 11.7 Å². The van der Waals surface area contributed by atoms with Gasteiger partial charge in [-0.2, -0.15) is 0 Å². The quantitative estimate of drug-likeness (QED) is 0.0410. The molecule has 3 unspecified atom stereocenters. The van der Waals surface area contributed by atoms with E-state index in [1.807, 2.05) is 19.9 Å². The third-order valence-electron chi connectivity index (χ3n) is 10.0. The number of unbranched alkanes of at least 4 members (excludes halogenated alkanes) is 11. The molecule has 326 valence electrons. The first-order valence-corrected chi connectivity index (χ1v) is 22.1. The molecule has 0 spiro atoms. The summed E-state index contributed by atoms with van der Waals surface area (Å²) in [6.07, 6.45) is 10.8. The Morgan fingerprint density at radius 2 is 1.26 bits per heavy atom. The molecule has 14 heteroatoms. The average molecular weight is 834 g/mol. The predicted molar refractivity (Wildman–Crippen MR) is 220 cm³/mol. The van der Waals surface area contributed by atoms with E-state index in [4.69, 9.17) is 38.9 Å². The number of Topliss-reactive ketones (excluding diaryl/α,β-unsaturated/α-hetero) is 1. The molecule has 0 bridgehead atoms. The van der Waals surface area contributed by atoms with Crippen LogP contribution < -0.4 is 5.73 Å². The van der Waals surface area contributed by atoms with E-state index in [1.165, 1.54) is 97.2 Å². The molecule has 58 heavy (non-hydrogen) atoms. The first-order valence-electron chi connectivity index (χ1n) is 21.0. The standard InChI is InChI=1S/C44H67NO12S/c1-8-9-10-11-12-13-14-15-16-17-18-22-25-35-39(57-44(6,7)56-35)34(37(45)38(50)33-23-20-19-21-24-33)26-27-58-43-42(54-32(5)49)41(53-31(4)48)40(52-30(3)47)36(55-43)28-51-29(2)46/h19-21,23-24,34,36-37,40-43H,8-18,22,25-28,45H2,1-7H3/t34-,36?,37?,40+,41+,42?,43+/m1/s1. The van der Waals surface area contributed by atoms with Gasteiger partial charge in [0.25, 0.3) is 0 Å². The summed E-state index contributed by atoms with van der Waals surface area (Å²) in [6, 6.07) is 7.85. The fourth-order valence-electron chi connectivity index (χ4n) is 7.36. The Balaban J connectivity index is 1.82. The molecule has 3 rings (SSSR count). The van der Waals surface area contributed by atoms with Crippen molar-refractivity contribution in [1.82, 2.24) is 0 Å². The number of carbonyl (C=O) groups is 5. The van der Waals surface area contributed by atoms with Crippen molar-refractivity contribution in [3.8, 4) is 0 Å². The van der Waals surface area contributed by atoms with Gasteiger partial charge in [-0.3, -0.25) is 24.0 Å². The first-order chi connectivity index (χ1) is 27.6. The molecule has 1 aromatic carbocycles. The van der Waals surface area contributed by atoms with Gasteiger partial charge in [0.15, 0.2) is 24.1 Å². The second-order valence-electron chi connectivity index (χ2n) is 15.6. The van der Waals surface area contributed by atoms with E-state index in [1.54, 1.807) is 24.3 Å². The number of hydrogen-bond acceptors (Lipinski definition) is 14. The minimum absolute atomic E-state index is 0.256. The molecule has 2 heterocycles. The molecule has 2 aliphatic heterocycles. The maximum absolute atomic E-state index is 13.9. The van der Waals surface area contributed by atoms with Gasteiger partial charge in [-0.15, -0.1) is 11.8 Å². The number of thioether (sulfide) groups is 1. The van der Waals surface area contributed by atoms with Crippen LogP contribution in [0.3, 0.4) is 0 Å². The Morgan fingerprint density at radius 3 is 1.81 bits per heavy atom. The summed E-state index contributed by atoms with van der Waals surface area (Å²) in [4.78, 5) is 62.6. The number of benzene rings is 1. The molecular formula is C44H67NO12S. The molecule has 0 radical (unpaired) electrons. The minimum Gasteiger partial charge on any atom is -0.463 e. The largest absolute Gasteiger partial charge is 0.463 e. The van der Waals surface area contributed by atoms with Gasteiger partial charge in [-0.1, -0.05) is 108 Å². The van der Waals surface area contributed by atoms with Gasteiger partial charge < -0.3 is 38.9 Å². The third kappa shape index (κ3) is 16.6. The van der Waals surface area contributed by atoms with Crippen LogP contribution in [0.1, 0.15) is 149 Å². The van der Waals surface area contributed by atoms with Crippen molar-refractivity contribution in [3.63, 3.8) is 0 Å². The van der Waals surface area contributed by atoms with Crippen LogP contribution in [0.4, 0.5) is 0 Å². The SMILES string of the molecule is CCCCCCCCCCCCCCC1=C([C@H](CCS[C@@H]2OC(COC(C)=O)[C@H](OC(C)=O)[C@H](OC(C)=O)C2OC(C)=O)C(N)C(=O)c2ccccc2)OC(C)(C)O1. The molecule has 1 fully saturated rings. The molecule has 0 amide bonds. The van der Waals surface area contributed by atoms with E-state index in [0.29, 0.717) is 35.7 Å². The zero-order chi connectivity index (χ0) is 42.7. The highest BCUT2D eigenvalue weighted by Gasteiger charge is 2.52. The summed E-state index contributed by atoms with van der Waals surface area (Å²) in [5.41, 5.74) is 6.34.